The van der Waals surface area contributed by atoms with Gasteiger partial charge < -0.3 is 14.8 Å². The third-order valence-corrected chi connectivity index (χ3v) is 4.20. The second-order valence-corrected chi connectivity index (χ2v) is 6.28. The van der Waals surface area contributed by atoms with Gasteiger partial charge in [-0.2, -0.15) is 13.2 Å². The first-order chi connectivity index (χ1) is 12.9. The molecule has 1 amide bonds. The average Bonchev–Trinajstić information content (AvgIpc) is 2.66. The second kappa shape index (κ2) is 7.91. The fourth-order valence-electron chi connectivity index (χ4n) is 2.35. The molecular weight excluding hydrogens is 381 g/mol. The molecule has 5 nitrogen and oxygen atoms in total. The maximum Gasteiger partial charge on any atom is 0.416 e. The van der Waals surface area contributed by atoms with Gasteiger partial charge in [0.2, 0.25) is 0 Å². The number of alkyl halides is 3. The Balaban J connectivity index is 1.78. The average molecular weight is 396 g/mol. The van der Waals surface area contributed by atoms with E-state index in [-0.39, 0.29) is 10.9 Å². The van der Waals surface area contributed by atoms with Gasteiger partial charge in [0.25, 0.3) is 5.91 Å². The number of hydrogen-bond donors (Lipinski definition) is 1. The Bertz CT molecular complexity index is 884. The maximum absolute atomic E-state index is 12.8. The van der Waals surface area contributed by atoms with Crippen LogP contribution in [0.25, 0.3) is 0 Å². The minimum Gasteiger partial charge on any atom is -0.486 e. The molecule has 1 aliphatic heterocycles. The molecule has 0 saturated heterocycles. The molecule has 27 heavy (non-hydrogen) atoms. The standard InChI is InChI=1S/C18H15F3N2O3S/c1-27-17(22-13-4-2-3-12(10-13)18(19,20)21)23-16(24)11-5-6-14-15(9-11)26-8-7-25-14/h2-6,9-10H,7-8H2,1H3,(H,22,23,24). The molecule has 0 atom stereocenters. The van der Waals surface area contributed by atoms with E-state index >= 15 is 0 Å². The summed E-state index contributed by atoms with van der Waals surface area (Å²) in [4.78, 5) is 16.5. The lowest BCUT2D eigenvalue weighted by Crippen LogP contribution is -2.28. The van der Waals surface area contributed by atoms with Crippen LogP contribution < -0.4 is 14.8 Å². The highest BCUT2D eigenvalue weighted by molar-refractivity contribution is 8.13. The van der Waals surface area contributed by atoms with Crippen LogP contribution in [-0.4, -0.2) is 30.5 Å². The number of hydrogen-bond acceptors (Lipinski definition) is 5. The minimum atomic E-state index is -4.46. The maximum atomic E-state index is 12.8. The highest BCUT2D eigenvalue weighted by Gasteiger charge is 2.30. The van der Waals surface area contributed by atoms with Gasteiger partial charge in [0.05, 0.1) is 11.3 Å². The molecule has 0 aliphatic carbocycles. The minimum absolute atomic E-state index is 0.0941. The summed E-state index contributed by atoms with van der Waals surface area (Å²) in [6, 6.07) is 9.34. The number of amidine groups is 1. The molecule has 9 heteroatoms. The molecule has 2 aromatic carbocycles. The van der Waals surface area contributed by atoms with Crippen LogP contribution in [0, 0.1) is 0 Å². The van der Waals surface area contributed by atoms with E-state index in [4.69, 9.17) is 9.47 Å². The van der Waals surface area contributed by atoms with Gasteiger partial charge in [-0.3, -0.25) is 4.79 Å². The van der Waals surface area contributed by atoms with Crippen LogP contribution in [0.15, 0.2) is 47.5 Å². The van der Waals surface area contributed by atoms with Crippen molar-refractivity contribution in [3.8, 4) is 11.5 Å². The smallest absolute Gasteiger partial charge is 0.416 e. The Labute approximate surface area is 157 Å². The zero-order valence-electron chi connectivity index (χ0n) is 14.2. The Hall–Kier alpha value is -2.68. The number of amides is 1. The van der Waals surface area contributed by atoms with Crippen LogP contribution in [0.2, 0.25) is 0 Å². The molecule has 2 aromatic rings. The lowest BCUT2D eigenvalue weighted by atomic mass is 10.2. The molecular formula is C18H15F3N2O3S. The SMILES string of the molecule is CSC(=Nc1cccc(C(F)(F)F)c1)NC(=O)c1ccc2c(c1)OCCO2. The zero-order chi connectivity index (χ0) is 19.4. The van der Waals surface area contributed by atoms with Gasteiger partial charge in [0.1, 0.15) is 13.2 Å². The zero-order valence-corrected chi connectivity index (χ0v) is 15.0. The lowest BCUT2D eigenvalue weighted by Gasteiger charge is -2.18. The predicted octanol–water partition coefficient (Wildman–Crippen LogP) is 4.26. The molecule has 3 rings (SSSR count). The first-order valence-corrected chi connectivity index (χ1v) is 9.10. The predicted molar refractivity (Wildman–Crippen MR) is 97.0 cm³/mol. The van der Waals surface area contributed by atoms with Crippen LogP contribution in [0.4, 0.5) is 18.9 Å². The van der Waals surface area contributed by atoms with Crippen LogP contribution in [-0.2, 0) is 6.18 Å². The number of thioether (sulfide) groups is 1. The molecule has 1 aliphatic rings. The molecule has 0 fully saturated rings. The van der Waals surface area contributed by atoms with Gasteiger partial charge in [0.15, 0.2) is 16.7 Å². The molecule has 0 saturated carbocycles. The first-order valence-electron chi connectivity index (χ1n) is 7.88. The molecule has 0 radical (unpaired) electrons. The summed E-state index contributed by atoms with van der Waals surface area (Å²) in [5, 5.41) is 2.77. The second-order valence-electron chi connectivity index (χ2n) is 5.48. The Morgan fingerprint density at radius 2 is 1.85 bits per heavy atom. The summed E-state index contributed by atoms with van der Waals surface area (Å²) < 4.78 is 49.3. The molecule has 0 bridgehead atoms. The largest absolute Gasteiger partial charge is 0.486 e. The Morgan fingerprint density at radius 3 is 2.56 bits per heavy atom. The summed E-state index contributed by atoms with van der Waals surface area (Å²) >= 11 is 1.11. The van der Waals surface area contributed by atoms with E-state index in [1.54, 1.807) is 24.5 Å². The topological polar surface area (TPSA) is 59.9 Å². The van der Waals surface area contributed by atoms with Gasteiger partial charge in [0, 0.05) is 5.56 Å². The van der Waals surface area contributed by atoms with Gasteiger partial charge in [-0.25, -0.2) is 4.99 Å². The van der Waals surface area contributed by atoms with Crippen molar-refractivity contribution in [3.63, 3.8) is 0 Å². The van der Waals surface area contributed by atoms with Crippen molar-refractivity contribution < 1.29 is 27.4 Å². The van der Waals surface area contributed by atoms with E-state index < -0.39 is 17.6 Å². The number of nitrogens with one attached hydrogen (secondary N) is 1. The van der Waals surface area contributed by atoms with Gasteiger partial charge in [-0.05, 0) is 42.7 Å². The monoisotopic (exact) mass is 396 g/mol. The van der Waals surface area contributed by atoms with E-state index in [9.17, 15) is 18.0 Å². The Kier molecular flexibility index (Phi) is 5.59. The summed E-state index contributed by atoms with van der Waals surface area (Å²) in [5.74, 6) is 0.571. The van der Waals surface area contributed by atoms with Gasteiger partial charge in [-0.15, -0.1) is 0 Å². The van der Waals surface area contributed by atoms with E-state index in [0.29, 0.717) is 30.3 Å². The van der Waals surface area contributed by atoms with Crippen molar-refractivity contribution in [2.45, 2.75) is 6.18 Å². The molecule has 0 spiro atoms. The summed E-state index contributed by atoms with van der Waals surface area (Å²) in [5.41, 5.74) is -0.385. The number of rotatable bonds is 2. The van der Waals surface area contributed by atoms with E-state index in [1.807, 2.05) is 0 Å². The number of ether oxygens (including phenoxy) is 2. The van der Waals surface area contributed by atoms with Crippen molar-refractivity contribution in [3.05, 3.63) is 53.6 Å². The number of carbonyl (C=O) groups is 1. The fraction of sp³-hybridized carbons (Fsp3) is 0.222. The van der Waals surface area contributed by atoms with Crippen LogP contribution >= 0.6 is 11.8 Å². The quantitative estimate of drug-likeness (QED) is 0.609. The summed E-state index contributed by atoms with van der Waals surface area (Å²) in [7, 11) is 0. The highest BCUT2D eigenvalue weighted by Crippen LogP contribution is 2.32. The van der Waals surface area contributed by atoms with Crippen LogP contribution in [0.1, 0.15) is 15.9 Å². The molecule has 0 aromatic heterocycles. The van der Waals surface area contributed by atoms with Crippen molar-refractivity contribution in [1.29, 1.82) is 0 Å². The Morgan fingerprint density at radius 1 is 1.11 bits per heavy atom. The third kappa shape index (κ3) is 4.73. The number of nitrogens with zero attached hydrogens (tertiary/aromatic N) is 1. The first kappa shape index (κ1) is 19.1. The van der Waals surface area contributed by atoms with Crippen molar-refractivity contribution in [1.82, 2.24) is 5.32 Å². The normalized spacial score (nSPS) is 14.0. The van der Waals surface area contributed by atoms with Crippen molar-refractivity contribution in [2.75, 3.05) is 19.5 Å². The summed E-state index contributed by atoms with van der Waals surface area (Å²) in [6.45, 7) is 0.837. The van der Waals surface area contributed by atoms with Gasteiger partial charge in [-0.1, -0.05) is 17.8 Å². The fourth-order valence-corrected chi connectivity index (χ4v) is 2.74. The van der Waals surface area contributed by atoms with Gasteiger partial charge >= 0.3 is 6.18 Å². The number of carbonyl (C=O) groups excluding carboxylic acids is 1. The lowest BCUT2D eigenvalue weighted by molar-refractivity contribution is -0.137. The van der Waals surface area contributed by atoms with E-state index in [2.05, 4.69) is 10.3 Å². The number of halogens is 3. The van der Waals surface area contributed by atoms with E-state index in [0.717, 1.165) is 23.9 Å². The third-order valence-electron chi connectivity index (χ3n) is 3.62. The highest BCUT2D eigenvalue weighted by atomic mass is 32.2. The number of fused-ring (bicyclic) bond motifs is 1. The summed E-state index contributed by atoms with van der Waals surface area (Å²) in [6.07, 6.45) is -2.80. The molecule has 1 N–H and O–H groups in total. The number of aliphatic imine (C=N–C) groups is 1. The van der Waals surface area contributed by atoms with Crippen molar-refractivity contribution in [2.24, 2.45) is 4.99 Å². The van der Waals surface area contributed by atoms with Crippen LogP contribution in [0.5, 0.6) is 11.5 Å². The van der Waals surface area contributed by atoms with E-state index in [1.165, 1.54) is 12.1 Å². The molecule has 142 valence electrons. The molecule has 1 heterocycles. The molecule has 0 unspecified atom stereocenters. The van der Waals surface area contributed by atoms with Crippen LogP contribution in [0.3, 0.4) is 0 Å². The number of benzene rings is 2. The van der Waals surface area contributed by atoms with Crippen molar-refractivity contribution >= 4 is 28.5 Å².